The van der Waals surface area contributed by atoms with Crippen LogP contribution in [-0.2, 0) is 6.42 Å². The highest BCUT2D eigenvalue weighted by Crippen LogP contribution is 2.08. The molecule has 0 fully saturated rings. The fourth-order valence-corrected chi connectivity index (χ4v) is 1.84. The van der Waals surface area contributed by atoms with Crippen molar-refractivity contribution in [1.82, 2.24) is 5.32 Å². The van der Waals surface area contributed by atoms with E-state index in [1.165, 1.54) is 11.1 Å². The molecule has 1 amide bonds. The molecule has 1 aromatic carbocycles. The Morgan fingerprint density at radius 2 is 1.94 bits per heavy atom. The van der Waals surface area contributed by atoms with Gasteiger partial charge in [-0.05, 0) is 43.5 Å². The zero-order chi connectivity index (χ0) is 13.0. The smallest absolute Gasteiger partial charge is 0.287 e. The molecule has 0 spiro atoms. The number of carbonyl (C=O) groups excluding carboxylic acids is 1. The summed E-state index contributed by atoms with van der Waals surface area (Å²) in [5, 5.41) is 2.86. The third kappa shape index (κ3) is 3.00. The second kappa shape index (κ2) is 5.54. The van der Waals surface area contributed by atoms with Crippen molar-refractivity contribution in [2.75, 3.05) is 6.54 Å². The molecule has 0 aliphatic heterocycles. The summed E-state index contributed by atoms with van der Waals surface area (Å²) in [6.07, 6.45) is 0.831. The van der Waals surface area contributed by atoms with Crippen molar-refractivity contribution >= 4 is 5.91 Å². The first-order chi connectivity index (χ1) is 8.66. The Bertz CT molecular complexity index is 543. The molecule has 0 aliphatic rings. The summed E-state index contributed by atoms with van der Waals surface area (Å²) in [6, 6.07) is 11.7. The van der Waals surface area contributed by atoms with Crippen LogP contribution in [0.3, 0.4) is 0 Å². The van der Waals surface area contributed by atoms with Crippen molar-refractivity contribution in [3.63, 3.8) is 0 Å². The minimum atomic E-state index is -0.156. The van der Waals surface area contributed by atoms with Crippen molar-refractivity contribution in [3.05, 3.63) is 59.0 Å². The summed E-state index contributed by atoms with van der Waals surface area (Å²) >= 11 is 0. The lowest BCUT2D eigenvalue weighted by atomic mass is 10.1. The molecule has 2 rings (SSSR count). The highest BCUT2D eigenvalue weighted by molar-refractivity contribution is 5.91. The van der Waals surface area contributed by atoms with Crippen LogP contribution in [0.25, 0.3) is 0 Å². The maximum absolute atomic E-state index is 11.7. The average molecular weight is 243 g/mol. The number of hydrogen-bond acceptors (Lipinski definition) is 2. The van der Waals surface area contributed by atoms with Gasteiger partial charge in [-0.1, -0.05) is 24.3 Å². The molecule has 0 bridgehead atoms. The van der Waals surface area contributed by atoms with Crippen LogP contribution < -0.4 is 5.32 Å². The molecule has 0 saturated carbocycles. The van der Waals surface area contributed by atoms with Crippen molar-refractivity contribution < 1.29 is 9.21 Å². The summed E-state index contributed by atoms with van der Waals surface area (Å²) in [5.74, 6) is 0.966. The monoisotopic (exact) mass is 243 g/mol. The topological polar surface area (TPSA) is 42.2 Å². The highest BCUT2D eigenvalue weighted by Gasteiger charge is 2.08. The van der Waals surface area contributed by atoms with Gasteiger partial charge in [0.05, 0.1) is 0 Å². The second-order valence-electron chi connectivity index (χ2n) is 4.34. The Labute approximate surface area is 107 Å². The molecule has 1 aromatic heterocycles. The minimum Gasteiger partial charge on any atom is -0.456 e. The van der Waals surface area contributed by atoms with E-state index in [2.05, 4.69) is 24.4 Å². The molecular formula is C15H17NO2. The molecule has 3 heteroatoms. The highest BCUT2D eigenvalue weighted by atomic mass is 16.3. The van der Waals surface area contributed by atoms with Gasteiger partial charge < -0.3 is 9.73 Å². The van der Waals surface area contributed by atoms with Gasteiger partial charge in [0.2, 0.25) is 0 Å². The number of rotatable bonds is 4. The van der Waals surface area contributed by atoms with E-state index in [-0.39, 0.29) is 5.91 Å². The summed E-state index contributed by atoms with van der Waals surface area (Å²) in [5.41, 5.74) is 2.51. The van der Waals surface area contributed by atoms with Crippen LogP contribution in [-0.4, -0.2) is 12.5 Å². The average Bonchev–Trinajstić information content (AvgIpc) is 2.78. The van der Waals surface area contributed by atoms with E-state index in [1.54, 1.807) is 12.1 Å². The Kier molecular flexibility index (Phi) is 3.82. The number of furan rings is 1. The van der Waals surface area contributed by atoms with Gasteiger partial charge in [0.15, 0.2) is 5.76 Å². The molecule has 94 valence electrons. The Balaban J connectivity index is 1.86. The first-order valence-corrected chi connectivity index (χ1v) is 6.06. The van der Waals surface area contributed by atoms with Crippen molar-refractivity contribution in [1.29, 1.82) is 0 Å². The van der Waals surface area contributed by atoms with Crippen molar-refractivity contribution in [2.24, 2.45) is 0 Å². The molecule has 2 aromatic rings. The lowest BCUT2D eigenvalue weighted by Crippen LogP contribution is -2.25. The fourth-order valence-electron chi connectivity index (χ4n) is 1.84. The fraction of sp³-hybridized carbons (Fsp3) is 0.267. The molecule has 18 heavy (non-hydrogen) atoms. The first-order valence-electron chi connectivity index (χ1n) is 6.06. The molecule has 0 radical (unpaired) electrons. The van der Waals surface area contributed by atoms with Crippen LogP contribution in [0.2, 0.25) is 0 Å². The summed E-state index contributed by atoms with van der Waals surface area (Å²) in [7, 11) is 0. The number of carbonyl (C=O) groups is 1. The standard InChI is InChI=1S/C15H17NO2/c1-11-5-3-4-6-13(11)9-10-16-15(17)14-8-7-12(2)18-14/h3-8H,9-10H2,1-2H3,(H,16,17). The van der Waals surface area contributed by atoms with Gasteiger partial charge in [0.1, 0.15) is 5.76 Å². The largest absolute Gasteiger partial charge is 0.456 e. The summed E-state index contributed by atoms with van der Waals surface area (Å²) in [4.78, 5) is 11.7. The Morgan fingerprint density at radius 1 is 1.17 bits per heavy atom. The van der Waals surface area contributed by atoms with Crippen LogP contribution in [0.15, 0.2) is 40.8 Å². The second-order valence-corrected chi connectivity index (χ2v) is 4.34. The third-order valence-corrected chi connectivity index (χ3v) is 2.91. The number of benzene rings is 1. The molecule has 0 saturated heterocycles. The SMILES string of the molecule is Cc1ccc(C(=O)NCCc2ccccc2C)o1. The molecule has 0 aliphatic carbocycles. The van der Waals surface area contributed by atoms with Crippen LogP contribution in [0, 0.1) is 13.8 Å². The molecule has 0 atom stereocenters. The van der Waals surface area contributed by atoms with Gasteiger partial charge in [-0.3, -0.25) is 4.79 Å². The first kappa shape index (κ1) is 12.4. The van der Waals surface area contributed by atoms with E-state index >= 15 is 0 Å². The van der Waals surface area contributed by atoms with Gasteiger partial charge in [-0.15, -0.1) is 0 Å². The van der Waals surface area contributed by atoms with Gasteiger partial charge in [-0.2, -0.15) is 0 Å². The van der Waals surface area contributed by atoms with Crippen LogP contribution in [0.5, 0.6) is 0 Å². The predicted molar refractivity (Wildman–Crippen MR) is 70.7 cm³/mol. The molecular weight excluding hydrogens is 226 g/mol. The summed E-state index contributed by atoms with van der Waals surface area (Å²) in [6.45, 7) is 4.51. The van der Waals surface area contributed by atoms with Gasteiger partial charge >= 0.3 is 0 Å². The van der Waals surface area contributed by atoms with Crippen molar-refractivity contribution in [2.45, 2.75) is 20.3 Å². The van der Waals surface area contributed by atoms with E-state index in [9.17, 15) is 4.79 Å². The van der Waals surface area contributed by atoms with Crippen molar-refractivity contribution in [3.8, 4) is 0 Å². The molecule has 3 nitrogen and oxygen atoms in total. The Morgan fingerprint density at radius 3 is 2.61 bits per heavy atom. The zero-order valence-electron chi connectivity index (χ0n) is 10.7. The number of aryl methyl sites for hydroxylation is 2. The normalized spacial score (nSPS) is 10.3. The lowest BCUT2D eigenvalue weighted by Gasteiger charge is -2.06. The van der Waals surface area contributed by atoms with E-state index in [4.69, 9.17) is 4.42 Å². The van der Waals surface area contributed by atoms with E-state index in [1.807, 2.05) is 19.1 Å². The number of nitrogens with one attached hydrogen (secondary N) is 1. The van der Waals surface area contributed by atoms with Crippen LogP contribution in [0.4, 0.5) is 0 Å². The molecule has 0 unspecified atom stereocenters. The third-order valence-electron chi connectivity index (χ3n) is 2.91. The lowest BCUT2D eigenvalue weighted by molar-refractivity contribution is 0.0925. The van der Waals surface area contributed by atoms with Gasteiger partial charge in [0, 0.05) is 6.54 Å². The quantitative estimate of drug-likeness (QED) is 0.897. The number of hydrogen-bond donors (Lipinski definition) is 1. The summed E-state index contributed by atoms with van der Waals surface area (Å²) < 4.78 is 5.26. The maximum Gasteiger partial charge on any atom is 0.287 e. The Hall–Kier alpha value is -2.03. The van der Waals surface area contributed by atoms with Gasteiger partial charge in [0.25, 0.3) is 5.91 Å². The maximum atomic E-state index is 11.7. The minimum absolute atomic E-state index is 0.156. The molecule has 1 N–H and O–H groups in total. The number of amides is 1. The van der Waals surface area contributed by atoms with E-state index in [0.717, 1.165) is 12.2 Å². The van der Waals surface area contributed by atoms with Crippen LogP contribution in [0.1, 0.15) is 27.4 Å². The van der Waals surface area contributed by atoms with E-state index < -0.39 is 0 Å². The van der Waals surface area contributed by atoms with E-state index in [0.29, 0.717) is 12.3 Å². The van der Waals surface area contributed by atoms with Crippen LogP contribution >= 0.6 is 0 Å². The zero-order valence-corrected chi connectivity index (χ0v) is 10.7. The van der Waals surface area contributed by atoms with Gasteiger partial charge in [-0.25, -0.2) is 0 Å². The predicted octanol–water partition coefficient (Wildman–Crippen LogP) is 2.87. The molecule has 1 heterocycles.